The molecule has 3 rings (SSSR count). The summed E-state index contributed by atoms with van der Waals surface area (Å²) in [6.07, 6.45) is -0.633. The number of ether oxygens (including phenoxy) is 2. The topological polar surface area (TPSA) is 97.0 Å². The van der Waals surface area contributed by atoms with Crippen molar-refractivity contribution in [2.24, 2.45) is 0 Å². The second-order valence-corrected chi connectivity index (χ2v) is 8.41. The molecule has 0 bridgehead atoms. The summed E-state index contributed by atoms with van der Waals surface area (Å²) < 4.78 is 10.7. The number of anilines is 3. The van der Waals surface area contributed by atoms with Crippen molar-refractivity contribution in [2.45, 2.75) is 39.3 Å². The van der Waals surface area contributed by atoms with Crippen molar-refractivity contribution in [2.75, 3.05) is 22.1 Å². The van der Waals surface area contributed by atoms with Crippen LogP contribution in [0.5, 0.6) is 5.75 Å². The number of carbonyl (C=O) groups excluding carboxylic acids is 3. The van der Waals surface area contributed by atoms with Crippen molar-refractivity contribution in [3.8, 4) is 5.75 Å². The maximum absolute atomic E-state index is 12.8. The summed E-state index contributed by atoms with van der Waals surface area (Å²) in [5, 5.41) is 5.75. The third-order valence-electron chi connectivity index (χ3n) is 4.38. The molecule has 1 unspecified atom stereocenters. The summed E-state index contributed by atoms with van der Waals surface area (Å²) >= 11 is 6.12. The van der Waals surface area contributed by atoms with E-state index in [-0.39, 0.29) is 12.5 Å². The molecule has 164 valence electrons. The molecule has 1 aliphatic heterocycles. The lowest BCUT2D eigenvalue weighted by molar-refractivity contribution is -0.125. The number of rotatable bonds is 4. The van der Waals surface area contributed by atoms with Crippen LogP contribution in [0.2, 0.25) is 5.02 Å². The highest BCUT2D eigenvalue weighted by Crippen LogP contribution is 2.36. The van der Waals surface area contributed by atoms with E-state index in [9.17, 15) is 14.4 Å². The molecule has 0 saturated carbocycles. The zero-order valence-corrected chi connectivity index (χ0v) is 18.4. The van der Waals surface area contributed by atoms with Gasteiger partial charge in [-0.05, 0) is 58.0 Å². The molecule has 31 heavy (non-hydrogen) atoms. The molecule has 0 saturated heterocycles. The number of para-hydroxylation sites is 1. The largest absolute Gasteiger partial charge is 0.482 e. The average Bonchev–Trinajstić information content (AvgIpc) is 2.67. The third-order valence-corrected chi connectivity index (χ3v) is 4.71. The van der Waals surface area contributed by atoms with Gasteiger partial charge in [0.25, 0.3) is 5.91 Å². The van der Waals surface area contributed by atoms with Crippen LogP contribution in [0, 0.1) is 0 Å². The van der Waals surface area contributed by atoms with Crippen molar-refractivity contribution in [1.82, 2.24) is 0 Å². The van der Waals surface area contributed by atoms with Crippen molar-refractivity contribution >= 4 is 46.6 Å². The minimum absolute atomic E-state index is 0.199. The number of benzene rings is 2. The van der Waals surface area contributed by atoms with Crippen LogP contribution in [0.4, 0.5) is 21.9 Å². The summed E-state index contributed by atoms with van der Waals surface area (Å²) in [5.41, 5.74) is 0.554. The Balaban J connectivity index is 1.83. The predicted molar refractivity (Wildman–Crippen MR) is 119 cm³/mol. The van der Waals surface area contributed by atoms with Gasteiger partial charge in [-0.15, -0.1) is 0 Å². The van der Waals surface area contributed by atoms with E-state index in [2.05, 4.69) is 10.6 Å². The van der Waals surface area contributed by atoms with Crippen molar-refractivity contribution in [3.05, 3.63) is 47.5 Å². The summed E-state index contributed by atoms with van der Waals surface area (Å²) in [7, 11) is 0. The van der Waals surface area contributed by atoms with Crippen molar-refractivity contribution in [3.63, 3.8) is 0 Å². The first-order chi connectivity index (χ1) is 14.5. The van der Waals surface area contributed by atoms with Crippen LogP contribution in [-0.4, -0.2) is 36.2 Å². The quantitative estimate of drug-likeness (QED) is 0.725. The van der Waals surface area contributed by atoms with E-state index in [1.807, 2.05) is 0 Å². The molecular formula is C22H24ClN3O5. The van der Waals surface area contributed by atoms with E-state index < -0.39 is 23.6 Å². The number of carbonyl (C=O) groups is 3. The van der Waals surface area contributed by atoms with Gasteiger partial charge in [0, 0.05) is 5.69 Å². The van der Waals surface area contributed by atoms with Crippen LogP contribution < -0.4 is 20.3 Å². The number of amides is 3. The Morgan fingerprint density at radius 1 is 1.16 bits per heavy atom. The van der Waals surface area contributed by atoms with Crippen LogP contribution in [0.1, 0.15) is 27.7 Å². The molecule has 9 heteroatoms. The molecular weight excluding hydrogens is 422 g/mol. The smallest absolute Gasteiger partial charge is 0.412 e. The minimum atomic E-state index is -0.858. The average molecular weight is 446 g/mol. The van der Waals surface area contributed by atoms with Gasteiger partial charge in [0.15, 0.2) is 6.61 Å². The number of nitrogens with one attached hydrogen (secondary N) is 2. The lowest BCUT2D eigenvalue weighted by atomic mass is 10.1. The van der Waals surface area contributed by atoms with Crippen molar-refractivity contribution < 1.29 is 23.9 Å². The number of halogens is 1. The predicted octanol–water partition coefficient (Wildman–Crippen LogP) is 4.44. The van der Waals surface area contributed by atoms with Crippen LogP contribution >= 0.6 is 11.6 Å². The second kappa shape index (κ2) is 8.85. The Morgan fingerprint density at radius 2 is 1.87 bits per heavy atom. The fourth-order valence-corrected chi connectivity index (χ4v) is 3.19. The summed E-state index contributed by atoms with van der Waals surface area (Å²) in [4.78, 5) is 38.9. The number of nitrogens with zero attached hydrogens (tertiary/aromatic N) is 1. The van der Waals surface area contributed by atoms with Gasteiger partial charge in [-0.25, -0.2) is 4.79 Å². The van der Waals surface area contributed by atoms with E-state index in [0.717, 1.165) is 0 Å². The monoisotopic (exact) mass is 445 g/mol. The molecule has 3 amide bonds. The molecule has 0 aromatic heterocycles. The molecule has 0 radical (unpaired) electrons. The summed E-state index contributed by atoms with van der Waals surface area (Å²) in [6.45, 7) is 6.68. The highest BCUT2D eigenvalue weighted by Gasteiger charge is 2.33. The van der Waals surface area contributed by atoms with E-state index >= 15 is 0 Å². The molecule has 2 N–H and O–H groups in total. The van der Waals surface area contributed by atoms with Gasteiger partial charge < -0.3 is 14.8 Å². The van der Waals surface area contributed by atoms with Gasteiger partial charge in [-0.2, -0.15) is 0 Å². The Bertz CT molecular complexity index is 1020. The van der Waals surface area contributed by atoms with Gasteiger partial charge in [0.2, 0.25) is 5.91 Å². The third kappa shape index (κ3) is 5.46. The van der Waals surface area contributed by atoms with Gasteiger partial charge in [0.05, 0.1) is 16.4 Å². The number of hydrogen-bond donors (Lipinski definition) is 2. The van der Waals surface area contributed by atoms with Gasteiger partial charge >= 0.3 is 6.09 Å². The first kappa shape index (κ1) is 22.4. The number of hydrogen-bond acceptors (Lipinski definition) is 5. The molecule has 8 nitrogen and oxygen atoms in total. The van der Waals surface area contributed by atoms with Crippen molar-refractivity contribution in [1.29, 1.82) is 0 Å². The van der Waals surface area contributed by atoms with Crippen LogP contribution in [0.25, 0.3) is 0 Å². The summed E-state index contributed by atoms with van der Waals surface area (Å²) in [6, 6.07) is 10.8. The fraction of sp³-hybridized carbons (Fsp3) is 0.318. The Labute approximate surface area is 185 Å². The molecule has 0 fully saturated rings. The zero-order valence-electron chi connectivity index (χ0n) is 17.7. The maximum atomic E-state index is 12.8. The van der Waals surface area contributed by atoms with E-state index in [4.69, 9.17) is 21.1 Å². The van der Waals surface area contributed by atoms with E-state index in [1.165, 1.54) is 4.90 Å². The van der Waals surface area contributed by atoms with Crippen LogP contribution in [-0.2, 0) is 14.3 Å². The molecule has 0 spiro atoms. The fourth-order valence-electron chi connectivity index (χ4n) is 3.01. The lowest BCUT2D eigenvalue weighted by Crippen LogP contribution is -2.49. The zero-order chi connectivity index (χ0) is 22.8. The van der Waals surface area contributed by atoms with Gasteiger partial charge in [0.1, 0.15) is 17.4 Å². The second-order valence-electron chi connectivity index (χ2n) is 8.01. The SMILES string of the molecule is CC(C(=O)Nc1ccccc1Cl)N1C(=O)COc2ccc(NC(=O)OC(C)(C)C)cc21. The van der Waals surface area contributed by atoms with Crippen LogP contribution in [0.3, 0.4) is 0 Å². The highest BCUT2D eigenvalue weighted by molar-refractivity contribution is 6.33. The highest BCUT2D eigenvalue weighted by atomic mass is 35.5. The maximum Gasteiger partial charge on any atom is 0.412 e. The Kier molecular flexibility index (Phi) is 6.40. The first-order valence-electron chi connectivity index (χ1n) is 9.69. The normalized spacial score (nSPS) is 14.2. The van der Waals surface area contributed by atoms with E-state index in [0.29, 0.717) is 27.8 Å². The van der Waals surface area contributed by atoms with Gasteiger partial charge in [-0.3, -0.25) is 19.8 Å². The van der Waals surface area contributed by atoms with E-state index in [1.54, 1.807) is 70.2 Å². The summed E-state index contributed by atoms with van der Waals surface area (Å²) in [5.74, 6) is -0.379. The van der Waals surface area contributed by atoms with Gasteiger partial charge in [-0.1, -0.05) is 23.7 Å². The van der Waals surface area contributed by atoms with Crippen LogP contribution in [0.15, 0.2) is 42.5 Å². The Hall–Kier alpha value is -3.26. The molecule has 1 heterocycles. The molecule has 2 aromatic carbocycles. The minimum Gasteiger partial charge on any atom is -0.482 e. The molecule has 1 aliphatic rings. The standard InChI is InChI=1S/C22H24ClN3O5/c1-13(20(28)25-16-8-6-5-7-15(16)23)26-17-11-14(24-21(29)31-22(2,3)4)9-10-18(17)30-12-19(26)27/h5-11,13H,12H2,1-4H3,(H,24,29)(H,25,28). The molecule has 1 atom stereocenters. The first-order valence-corrected chi connectivity index (χ1v) is 10.1. The number of fused-ring (bicyclic) bond motifs is 1. The lowest BCUT2D eigenvalue weighted by Gasteiger charge is -2.33. The Morgan fingerprint density at radius 3 is 2.55 bits per heavy atom. The molecule has 2 aromatic rings. The molecule has 0 aliphatic carbocycles.